The van der Waals surface area contributed by atoms with Gasteiger partial charge in [-0.15, -0.1) is 21.5 Å². The number of nitrogens with one attached hydrogen (secondary N) is 1. The molecule has 0 aliphatic carbocycles. The first-order valence-electron chi connectivity index (χ1n) is 9.55. The number of fused-ring (bicyclic) bond motifs is 1. The Hall–Kier alpha value is -2.91. The van der Waals surface area contributed by atoms with Crippen LogP contribution in [0.2, 0.25) is 0 Å². The van der Waals surface area contributed by atoms with Crippen LogP contribution < -0.4 is 10.9 Å². The third-order valence-corrected chi connectivity index (χ3v) is 6.98. The summed E-state index contributed by atoms with van der Waals surface area (Å²) in [6.45, 7) is 7.95. The van der Waals surface area contributed by atoms with Gasteiger partial charge in [0.1, 0.15) is 16.4 Å². The second-order valence-electron chi connectivity index (χ2n) is 7.09. The van der Waals surface area contributed by atoms with Gasteiger partial charge in [-0.25, -0.2) is 4.98 Å². The number of aryl methyl sites for hydroxylation is 4. The molecule has 0 fully saturated rings. The van der Waals surface area contributed by atoms with E-state index in [0.717, 1.165) is 27.4 Å². The van der Waals surface area contributed by atoms with Gasteiger partial charge in [0.25, 0.3) is 5.56 Å². The molecule has 30 heavy (non-hydrogen) atoms. The first kappa shape index (κ1) is 20.4. The number of carbonyl (C=O) groups excluding carboxylic acids is 1. The lowest BCUT2D eigenvalue weighted by molar-refractivity contribution is -0.116. The average Bonchev–Trinajstić information content (AvgIpc) is 3.30. The number of hydrogen-bond acceptors (Lipinski definition) is 7. The van der Waals surface area contributed by atoms with E-state index < -0.39 is 0 Å². The van der Waals surface area contributed by atoms with Crippen molar-refractivity contribution in [3.63, 3.8) is 0 Å². The van der Waals surface area contributed by atoms with Gasteiger partial charge < -0.3 is 0 Å². The van der Waals surface area contributed by atoms with Gasteiger partial charge in [0, 0.05) is 10.4 Å². The van der Waals surface area contributed by atoms with Crippen LogP contribution in [0.15, 0.2) is 29.3 Å². The van der Waals surface area contributed by atoms with Gasteiger partial charge in [-0.1, -0.05) is 36.5 Å². The second kappa shape index (κ2) is 8.08. The predicted octanol–water partition coefficient (Wildman–Crippen LogP) is 4.10. The van der Waals surface area contributed by atoms with Crippen molar-refractivity contribution in [2.75, 3.05) is 5.32 Å². The van der Waals surface area contributed by atoms with E-state index in [-0.39, 0.29) is 18.0 Å². The van der Waals surface area contributed by atoms with Crippen molar-refractivity contribution in [2.24, 2.45) is 0 Å². The quantitative estimate of drug-likeness (QED) is 0.506. The Labute approximate surface area is 181 Å². The van der Waals surface area contributed by atoms with Crippen LogP contribution in [0.5, 0.6) is 0 Å². The summed E-state index contributed by atoms with van der Waals surface area (Å²) in [5.74, 6) is -0.336. The van der Waals surface area contributed by atoms with Crippen LogP contribution in [0, 0.1) is 20.8 Å². The summed E-state index contributed by atoms with van der Waals surface area (Å²) in [5, 5.41) is 12.5. The van der Waals surface area contributed by atoms with E-state index in [4.69, 9.17) is 0 Å². The molecule has 3 aromatic heterocycles. The fraction of sp³-hybridized carbons (Fsp3) is 0.286. The maximum Gasteiger partial charge on any atom is 0.263 e. The molecule has 0 aliphatic heterocycles. The highest BCUT2D eigenvalue weighted by molar-refractivity contribution is 7.19. The molecular formula is C21H21N5O2S2. The summed E-state index contributed by atoms with van der Waals surface area (Å²) in [6, 6.07) is 6.18. The highest BCUT2D eigenvalue weighted by Crippen LogP contribution is 2.36. The molecule has 0 saturated carbocycles. The van der Waals surface area contributed by atoms with E-state index in [9.17, 15) is 9.59 Å². The van der Waals surface area contributed by atoms with E-state index in [1.807, 2.05) is 19.9 Å². The summed E-state index contributed by atoms with van der Waals surface area (Å²) in [7, 11) is 0. The molecule has 9 heteroatoms. The van der Waals surface area contributed by atoms with Crippen LogP contribution in [-0.2, 0) is 17.8 Å². The predicted molar refractivity (Wildman–Crippen MR) is 121 cm³/mol. The van der Waals surface area contributed by atoms with Gasteiger partial charge >= 0.3 is 0 Å². The van der Waals surface area contributed by atoms with Crippen molar-refractivity contribution in [1.82, 2.24) is 19.7 Å². The molecule has 0 spiro atoms. The number of amides is 1. The Morgan fingerprint density at radius 2 is 1.93 bits per heavy atom. The number of carbonyl (C=O) groups is 1. The van der Waals surface area contributed by atoms with Crippen molar-refractivity contribution < 1.29 is 4.79 Å². The van der Waals surface area contributed by atoms with Crippen molar-refractivity contribution in [1.29, 1.82) is 0 Å². The lowest BCUT2D eigenvalue weighted by atomic mass is 9.99. The van der Waals surface area contributed by atoms with E-state index in [1.165, 1.54) is 44.7 Å². The molecule has 0 saturated heterocycles. The van der Waals surface area contributed by atoms with Crippen molar-refractivity contribution in [3.05, 3.63) is 55.9 Å². The molecule has 0 bridgehead atoms. The topological polar surface area (TPSA) is 89.8 Å². The zero-order chi connectivity index (χ0) is 21.4. The van der Waals surface area contributed by atoms with Crippen molar-refractivity contribution >= 4 is 43.9 Å². The number of rotatable bonds is 5. The SMILES string of the molecule is CCc1nnc(NC(=O)Cn2cnc3sc(C)c(-c4ccc(C)c(C)c4)c3c2=O)s1. The summed E-state index contributed by atoms with van der Waals surface area (Å²) >= 11 is 2.82. The van der Waals surface area contributed by atoms with Gasteiger partial charge in [-0.05, 0) is 43.9 Å². The molecule has 0 radical (unpaired) electrons. The third-order valence-electron chi connectivity index (χ3n) is 4.98. The van der Waals surface area contributed by atoms with Gasteiger partial charge in [0.05, 0.1) is 11.7 Å². The number of anilines is 1. The molecule has 0 aliphatic rings. The van der Waals surface area contributed by atoms with E-state index in [0.29, 0.717) is 15.3 Å². The van der Waals surface area contributed by atoms with Crippen LogP contribution in [0.3, 0.4) is 0 Å². The summed E-state index contributed by atoms with van der Waals surface area (Å²) in [4.78, 5) is 31.9. The number of aromatic nitrogens is 4. The maximum atomic E-state index is 13.3. The highest BCUT2D eigenvalue weighted by Gasteiger charge is 2.18. The minimum Gasteiger partial charge on any atom is -0.299 e. The van der Waals surface area contributed by atoms with Crippen LogP contribution in [0.4, 0.5) is 5.13 Å². The summed E-state index contributed by atoms with van der Waals surface area (Å²) in [5.41, 5.74) is 4.02. The normalized spacial score (nSPS) is 11.2. The Balaban J connectivity index is 1.70. The Bertz CT molecular complexity index is 1320. The van der Waals surface area contributed by atoms with Crippen molar-refractivity contribution in [3.8, 4) is 11.1 Å². The van der Waals surface area contributed by atoms with E-state index in [1.54, 1.807) is 0 Å². The first-order valence-corrected chi connectivity index (χ1v) is 11.2. The molecular weight excluding hydrogens is 418 g/mol. The highest BCUT2D eigenvalue weighted by atomic mass is 32.1. The number of nitrogens with zero attached hydrogens (tertiary/aromatic N) is 4. The van der Waals surface area contributed by atoms with Crippen molar-refractivity contribution in [2.45, 2.75) is 40.7 Å². The largest absolute Gasteiger partial charge is 0.299 e. The average molecular weight is 440 g/mol. The minimum absolute atomic E-state index is 0.135. The fourth-order valence-electron chi connectivity index (χ4n) is 3.26. The second-order valence-corrected chi connectivity index (χ2v) is 9.36. The Kier molecular flexibility index (Phi) is 5.48. The van der Waals surface area contributed by atoms with Crippen LogP contribution >= 0.6 is 22.7 Å². The van der Waals surface area contributed by atoms with Crippen LogP contribution in [0.25, 0.3) is 21.3 Å². The van der Waals surface area contributed by atoms with Gasteiger partial charge in [-0.3, -0.25) is 19.5 Å². The summed E-state index contributed by atoms with van der Waals surface area (Å²) in [6.07, 6.45) is 2.19. The summed E-state index contributed by atoms with van der Waals surface area (Å²) < 4.78 is 1.34. The molecule has 1 N–H and O–H groups in total. The van der Waals surface area contributed by atoms with Gasteiger partial charge in [-0.2, -0.15) is 0 Å². The third kappa shape index (κ3) is 3.78. The molecule has 3 heterocycles. The zero-order valence-electron chi connectivity index (χ0n) is 17.1. The molecule has 4 rings (SSSR count). The van der Waals surface area contributed by atoms with Gasteiger partial charge in [0.15, 0.2) is 0 Å². The standard InChI is InChI=1S/C21H21N5O2S2/c1-5-16-24-25-21(30-16)23-15(27)9-26-10-22-19-18(20(26)28)17(13(4)29-19)14-7-6-11(2)12(3)8-14/h6-8,10H,5,9H2,1-4H3,(H,23,25,27). The Morgan fingerprint density at radius 3 is 2.63 bits per heavy atom. The zero-order valence-corrected chi connectivity index (χ0v) is 18.8. The minimum atomic E-state index is -0.336. The molecule has 1 amide bonds. The molecule has 154 valence electrons. The lowest BCUT2D eigenvalue weighted by Crippen LogP contribution is -2.27. The van der Waals surface area contributed by atoms with Crippen LogP contribution in [-0.4, -0.2) is 25.7 Å². The van der Waals surface area contributed by atoms with Gasteiger partial charge in [0.2, 0.25) is 11.0 Å². The monoisotopic (exact) mass is 439 g/mol. The maximum absolute atomic E-state index is 13.3. The molecule has 7 nitrogen and oxygen atoms in total. The lowest BCUT2D eigenvalue weighted by Gasteiger charge is -2.08. The molecule has 0 unspecified atom stereocenters. The molecule has 4 aromatic rings. The van der Waals surface area contributed by atoms with E-state index in [2.05, 4.69) is 46.5 Å². The fourth-order valence-corrected chi connectivity index (χ4v) is 4.95. The number of hydrogen-bond donors (Lipinski definition) is 1. The first-order chi connectivity index (χ1) is 14.4. The molecule has 0 atom stereocenters. The van der Waals surface area contributed by atoms with E-state index >= 15 is 0 Å². The molecule has 1 aromatic carbocycles. The smallest absolute Gasteiger partial charge is 0.263 e. The Morgan fingerprint density at radius 1 is 1.13 bits per heavy atom. The van der Waals surface area contributed by atoms with Crippen LogP contribution in [0.1, 0.15) is 27.9 Å². The number of benzene rings is 1. The number of thiophene rings is 1.